The first kappa shape index (κ1) is 13.6. The molecule has 0 spiro atoms. The number of rotatable bonds is 4. The Morgan fingerprint density at radius 2 is 2.06 bits per heavy atom. The van der Waals surface area contributed by atoms with Crippen LogP contribution in [0.2, 0.25) is 0 Å². The van der Waals surface area contributed by atoms with Crippen molar-refractivity contribution in [3.8, 4) is 0 Å². The molecule has 0 N–H and O–H groups in total. The van der Waals surface area contributed by atoms with Crippen LogP contribution in [0.4, 0.5) is 5.69 Å². The van der Waals surface area contributed by atoms with Gasteiger partial charge >= 0.3 is 0 Å². The quantitative estimate of drug-likeness (QED) is 0.774. The number of Topliss-reactive ketones (excluding diaryl/α,β-unsaturated/α-hetero) is 1. The highest BCUT2D eigenvalue weighted by Crippen LogP contribution is 2.29. The number of anilines is 1. The molecule has 0 amide bonds. The fourth-order valence-corrected chi connectivity index (χ4v) is 3.15. The molecule has 3 heteroatoms. The Balaban J connectivity index is 2.19. The van der Waals surface area contributed by atoms with E-state index in [1.807, 2.05) is 18.2 Å². The molecule has 18 heavy (non-hydrogen) atoms. The predicted molar refractivity (Wildman–Crippen MR) is 79.4 cm³/mol. The van der Waals surface area contributed by atoms with Gasteiger partial charge in [-0.25, -0.2) is 0 Å². The van der Waals surface area contributed by atoms with E-state index in [0.717, 1.165) is 28.2 Å². The van der Waals surface area contributed by atoms with Gasteiger partial charge in [-0.1, -0.05) is 28.8 Å². The van der Waals surface area contributed by atoms with Crippen LogP contribution in [0, 0.1) is 5.92 Å². The Morgan fingerprint density at radius 3 is 2.67 bits per heavy atom. The molecule has 0 heterocycles. The van der Waals surface area contributed by atoms with Crippen LogP contribution in [-0.2, 0) is 0 Å². The first-order valence-corrected chi connectivity index (χ1v) is 7.39. The summed E-state index contributed by atoms with van der Waals surface area (Å²) in [5, 5.41) is 0. The Labute approximate surface area is 117 Å². The summed E-state index contributed by atoms with van der Waals surface area (Å²) in [6, 6.07) is 5.89. The maximum Gasteiger partial charge on any atom is 0.161 e. The molecule has 98 valence electrons. The van der Waals surface area contributed by atoms with E-state index in [9.17, 15) is 4.79 Å². The molecule has 1 fully saturated rings. The van der Waals surface area contributed by atoms with Crippen LogP contribution in [0.3, 0.4) is 0 Å². The molecule has 0 aliphatic heterocycles. The summed E-state index contributed by atoms with van der Waals surface area (Å²) in [7, 11) is 2.09. The second kappa shape index (κ2) is 5.87. The Kier molecular flexibility index (Phi) is 4.44. The predicted octanol–water partition coefficient (Wildman–Crippen LogP) is 4.28. The van der Waals surface area contributed by atoms with Crippen LogP contribution in [0.25, 0.3) is 0 Å². The van der Waals surface area contributed by atoms with E-state index in [1.165, 1.54) is 25.7 Å². The average Bonchev–Trinajstić information content (AvgIpc) is 2.81. The Bertz CT molecular complexity index is 438. The van der Waals surface area contributed by atoms with Gasteiger partial charge in [0.25, 0.3) is 0 Å². The third-order valence-corrected chi connectivity index (χ3v) is 4.25. The third kappa shape index (κ3) is 3.14. The fraction of sp³-hybridized carbons (Fsp3) is 0.533. The Morgan fingerprint density at radius 1 is 1.39 bits per heavy atom. The molecule has 2 rings (SSSR count). The molecule has 1 aliphatic carbocycles. The number of nitrogens with zero attached hydrogens (tertiary/aromatic N) is 1. The first-order chi connectivity index (χ1) is 8.58. The maximum absolute atomic E-state index is 11.7. The fourth-order valence-electron chi connectivity index (χ4n) is 2.80. The summed E-state index contributed by atoms with van der Waals surface area (Å²) < 4.78 is 1.03. The highest BCUT2D eigenvalue weighted by atomic mass is 79.9. The number of carbonyl (C=O) groups excluding carboxylic acids is 1. The van der Waals surface area contributed by atoms with E-state index in [-0.39, 0.29) is 5.78 Å². The van der Waals surface area contributed by atoms with Gasteiger partial charge in [0.2, 0.25) is 0 Å². The average molecular weight is 310 g/mol. The van der Waals surface area contributed by atoms with Crippen LogP contribution in [0.1, 0.15) is 43.0 Å². The minimum Gasteiger partial charge on any atom is -0.374 e. The molecule has 2 nitrogen and oxygen atoms in total. The number of hydrogen-bond donors (Lipinski definition) is 0. The lowest BCUT2D eigenvalue weighted by molar-refractivity contribution is 0.101. The maximum atomic E-state index is 11.7. The van der Waals surface area contributed by atoms with Crippen molar-refractivity contribution in [1.29, 1.82) is 0 Å². The molecule has 0 atom stereocenters. The van der Waals surface area contributed by atoms with Crippen LogP contribution >= 0.6 is 15.9 Å². The zero-order valence-corrected chi connectivity index (χ0v) is 12.7. The molecule has 0 unspecified atom stereocenters. The topological polar surface area (TPSA) is 20.3 Å². The summed E-state index contributed by atoms with van der Waals surface area (Å²) in [5.74, 6) is 0.921. The largest absolute Gasteiger partial charge is 0.374 e. The first-order valence-electron chi connectivity index (χ1n) is 6.59. The molecule has 0 bridgehead atoms. The van der Waals surface area contributed by atoms with Gasteiger partial charge in [-0.15, -0.1) is 0 Å². The molecule has 1 saturated carbocycles. The molecule has 0 saturated heterocycles. The van der Waals surface area contributed by atoms with E-state index < -0.39 is 0 Å². The van der Waals surface area contributed by atoms with Gasteiger partial charge in [-0.05, 0) is 43.9 Å². The van der Waals surface area contributed by atoms with E-state index in [4.69, 9.17) is 0 Å². The van der Waals surface area contributed by atoms with Crippen LogP contribution in [0.5, 0.6) is 0 Å². The smallest absolute Gasteiger partial charge is 0.161 e. The molecular weight excluding hydrogens is 290 g/mol. The van der Waals surface area contributed by atoms with Crippen molar-refractivity contribution in [3.63, 3.8) is 0 Å². The van der Waals surface area contributed by atoms with Crippen molar-refractivity contribution in [2.24, 2.45) is 5.92 Å². The van der Waals surface area contributed by atoms with Gasteiger partial charge < -0.3 is 4.90 Å². The van der Waals surface area contributed by atoms with Crippen LogP contribution < -0.4 is 4.90 Å². The lowest BCUT2D eigenvalue weighted by Gasteiger charge is -2.25. The second-order valence-corrected chi connectivity index (χ2v) is 6.16. The molecule has 1 aromatic carbocycles. The third-order valence-electron chi connectivity index (χ3n) is 3.76. The molecule has 1 aromatic rings. The van der Waals surface area contributed by atoms with Crippen molar-refractivity contribution >= 4 is 27.4 Å². The summed E-state index contributed by atoms with van der Waals surface area (Å²) >= 11 is 3.49. The van der Waals surface area contributed by atoms with Crippen LogP contribution in [-0.4, -0.2) is 19.4 Å². The summed E-state index contributed by atoms with van der Waals surface area (Å²) in [6.07, 6.45) is 5.37. The van der Waals surface area contributed by atoms with E-state index in [1.54, 1.807) is 6.92 Å². The Hall–Kier alpha value is -0.830. The molecule has 0 aromatic heterocycles. The van der Waals surface area contributed by atoms with E-state index in [0.29, 0.717) is 0 Å². The zero-order valence-electron chi connectivity index (χ0n) is 11.1. The van der Waals surface area contributed by atoms with Crippen LogP contribution in [0.15, 0.2) is 22.7 Å². The summed E-state index contributed by atoms with van der Waals surface area (Å²) in [5.41, 5.74) is 1.86. The van der Waals surface area contributed by atoms with E-state index >= 15 is 0 Å². The van der Waals surface area contributed by atoms with Gasteiger partial charge in [-0.2, -0.15) is 0 Å². The van der Waals surface area contributed by atoms with Crippen molar-refractivity contribution in [1.82, 2.24) is 0 Å². The number of carbonyl (C=O) groups is 1. The van der Waals surface area contributed by atoms with Crippen molar-refractivity contribution in [3.05, 3.63) is 28.2 Å². The highest BCUT2D eigenvalue weighted by molar-refractivity contribution is 9.10. The zero-order chi connectivity index (χ0) is 13.1. The van der Waals surface area contributed by atoms with Crippen molar-refractivity contribution < 1.29 is 4.79 Å². The normalized spacial score (nSPS) is 15.9. The molecule has 0 radical (unpaired) electrons. The van der Waals surface area contributed by atoms with Crippen molar-refractivity contribution in [2.75, 3.05) is 18.5 Å². The van der Waals surface area contributed by atoms with Gasteiger partial charge in [-0.3, -0.25) is 4.79 Å². The standard InChI is InChI=1S/C15H20BrNO/c1-11(18)14-8-7-13(16)9-15(14)17(2)10-12-5-3-4-6-12/h7-9,12H,3-6,10H2,1-2H3. The number of ketones is 1. The number of hydrogen-bond acceptors (Lipinski definition) is 2. The lowest BCUT2D eigenvalue weighted by atomic mass is 10.1. The molecular formula is C15H20BrNO. The van der Waals surface area contributed by atoms with Gasteiger partial charge in [0.05, 0.1) is 0 Å². The molecule has 1 aliphatic rings. The second-order valence-electron chi connectivity index (χ2n) is 5.25. The minimum absolute atomic E-state index is 0.135. The van der Waals surface area contributed by atoms with E-state index in [2.05, 4.69) is 27.9 Å². The van der Waals surface area contributed by atoms with Gasteiger partial charge in [0.15, 0.2) is 5.78 Å². The van der Waals surface area contributed by atoms with Gasteiger partial charge in [0, 0.05) is 29.3 Å². The summed E-state index contributed by atoms with van der Waals surface area (Å²) in [6.45, 7) is 2.69. The SMILES string of the molecule is CC(=O)c1ccc(Br)cc1N(C)CC1CCCC1. The minimum atomic E-state index is 0.135. The number of benzene rings is 1. The highest BCUT2D eigenvalue weighted by Gasteiger charge is 2.19. The number of halogens is 1. The summed E-state index contributed by atoms with van der Waals surface area (Å²) in [4.78, 5) is 13.9. The van der Waals surface area contributed by atoms with Gasteiger partial charge in [0.1, 0.15) is 0 Å². The monoisotopic (exact) mass is 309 g/mol. The lowest BCUT2D eigenvalue weighted by Crippen LogP contribution is -2.25. The van der Waals surface area contributed by atoms with Crippen molar-refractivity contribution in [2.45, 2.75) is 32.6 Å².